The van der Waals surface area contributed by atoms with Gasteiger partial charge in [0.05, 0.1) is 0 Å². The molecule has 0 bridgehead atoms. The summed E-state index contributed by atoms with van der Waals surface area (Å²) in [7, 11) is 0. The summed E-state index contributed by atoms with van der Waals surface area (Å²) in [6.45, 7) is 0. The van der Waals surface area contributed by atoms with Crippen LogP contribution in [0, 0.1) is 0 Å². The topological polar surface area (TPSA) is 25.8 Å². The number of rotatable bonds is 4. The Labute approximate surface area is 85.9 Å². The second-order valence-electron chi connectivity index (χ2n) is 2.36. The van der Waals surface area contributed by atoms with Gasteiger partial charge in [0, 0.05) is 12.3 Å². The van der Waals surface area contributed by atoms with E-state index in [0.29, 0.717) is 11.3 Å². The molecule has 1 aromatic rings. The zero-order valence-corrected chi connectivity index (χ0v) is 8.26. The lowest BCUT2D eigenvalue weighted by Crippen LogP contribution is -2.23. The smallest absolute Gasteiger partial charge is 0.203 e. The monoisotopic (exact) mass is 248 g/mol. The third kappa shape index (κ3) is 2.33. The Morgan fingerprint density at radius 2 is 2.00 bits per heavy atom. The molecule has 1 rings (SSSR count). The van der Waals surface area contributed by atoms with E-state index in [0.717, 1.165) is 0 Å². The van der Waals surface area contributed by atoms with Crippen molar-refractivity contribution in [1.29, 1.82) is 0 Å². The van der Waals surface area contributed by atoms with Crippen molar-refractivity contribution in [1.82, 2.24) is 10.2 Å². The molecular formula is C6H5ClF4N2S. The van der Waals surface area contributed by atoms with Crippen molar-refractivity contribution < 1.29 is 17.6 Å². The van der Waals surface area contributed by atoms with E-state index >= 15 is 0 Å². The molecule has 0 saturated heterocycles. The van der Waals surface area contributed by atoms with E-state index in [1.165, 1.54) is 0 Å². The molecule has 1 heterocycles. The zero-order valence-electron chi connectivity index (χ0n) is 6.68. The fourth-order valence-corrected chi connectivity index (χ4v) is 1.77. The van der Waals surface area contributed by atoms with E-state index in [2.05, 4.69) is 10.2 Å². The normalized spacial score (nSPS) is 12.4. The van der Waals surface area contributed by atoms with Crippen molar-refractivity contribution in [3.05, 3.63) is 10.0 Å². The maximum absolute atomic E-state index is 12.7. The largest absolute Gasteiger partial charge is 0.359 e. The van der Waals surface area contributed by atoms with E-state index in [1.807, 2.05) is 0 Å². The lowest BCUT2D eigenvalue weighted by Gasteiger charge is -2.09. The van der Waals surface area contributed by atoms with E-state index in [4.69, 9.17) is 11.6 Å². The first kappa shape index (κ1) is 11.6. The quantitative estimate of drug-likeness (QED) is 0.605. The highest BCUT2D eigenvalue weighted by Gasteiger charge is 2.46. The Morgan fingerprint density at radius 3 is 2.50 bits per heavy atom. The van der Waals surface area contributed by atoms with Crippen LogP contribution < -0.4 is 0 Å². The van der Waals surface area contributed by atoms with Gasteiger partial charge in [-0.3, -0.25) is 0 Å². The minimum atomic E-state index is -4.22. The van der Waals surface area contributed by atoms with Gasteiger partial charge in [-0.15, -0.1) is 21.8 Å². The molecular weight excluding hydrogens is 244 g/mol. The van der Waals surface area contributed by atoms with Crippen molar-refractivity contribution in [3.8, 4) is 0 Å². The average molecular weight is 249 g/mol. The van der Waals surface area contributed by atoms with Crippen LogP contribution in [0.3, 0.4) is 0 Å². The molecule has 0 saturated carbocycles. The van der Waals surface area contributed by atoms with Crippen LogP contribution in [-0.2, 0) is 12.3 Å². The van der Waals surface area contributed by atoms with E-state index < -0.39 is 17.4 Å². The highest BCUT2D eigenvalue weighted by atomic mass is 35.5. The third-order valence-corrected chi connectivity index (χ3v) is 2.59. The van der Waals surface area contributed by atoms with Gasteiger partial charge >= 0.3 is 12.3 Å². The average Bonchev–Trinajstić information content (AvgIpc) is 2.53. The minimum absolute atomic E-state index is 0.189. The molecule has 0 fully saturated rings. The van der Waals surface area contributed by atoms with Crippen molar-refractivity contribution in [3.63, 3.8) is 0 Å². The summed E-state index contributed by atoms with van der Waals surface area (Å²) in [6, 6.07) is 0. The summed E-state index contributed by atoms with van der Waals surface area (Å²) in [5.41, 5.74) is 0. The molecule has 0 aliphatic rings. The van der Waals surface area contributed by atoms with Crippen LogP contribution in [-0.4, -0.2) is 22.5 Å². The van der Waals surface area contributed by atoms with Gasteiger partial charge in [-0.1, -0.05) is 11.3 Å². The molecule has 0 spiro atoms. The van der Waals surface area contributed by atoms with Crippen LogP contribution >= 0.6 is 22.9 Å². The highest BCUT2D eigenvalue weighted by Crippen LogP contribution is 2.36. The first-order valence-corrected chi connectivity index (χ1v) is 4.88. The standard InChI is InChI=1S/C6H5ClF4N2S/c7-2-1-3-12-13-5(14-3)6(10,11)4(8)9/h4H,1-2H2. The molecule has 0 N–H and O–H groups in total. The highest BCUT2D eigenvalue weighted by molar-refractivity contribution is 7.11. The molecule has 0 atom stereocenters. The lowest BCUT2D eigenvalue weighted by molar-refractivity contribution is -0.135. The van der Waals surface area contributed by atoms with E-state index in [-0.39, 0.29) is 17.3 Å². The first-order valence-electron chi connectivity index (χ1n) is 3.53. The van der Waals surface area contributed by atoms with Crippen molar-refractivity contribution in [2.24, 2.45) is 0 Å². The molecule has 1 aromatic heterocycles. The summed E-state index contributed by atoms with van der Waals surface area (Å²) in [5.74, 6) is -4.03. The van der Waals surface area contributed by atoms with E-state index in [9.17, 15) is 17.6 Å². The van der Waals surface area contributed by atoms with Crippen LogP contribution in [0.25, 0.3) is 0 Å². The number of alkyl halides is 5. The van der Waals surface area contributed by atoms with Gasteiger partial charge in [-0.05, 0) is 0 Å². The summed E-state index contributed by atoms with van der Waals surface area (Å²) in [5, 5.41) is 5.60. The summed E-state index contributed by atoms with van der Waals surface area (Å²) >= 11 is 5.78. The number of aryl methyl sites for hydroxylation is 1. The maximum atomic E-state index is 12.7. The Balaban J connectivity index is 2.85. The van der Waals surface area contributed by atoms with E-state index in [1.54, 1.807) is 0 Å². The fourth-order valence-electron chi connectivity index (χ4n) is 0.664. The van der Waals surface area contributed by atoms with Crippen LogP contribution in [0.5, 0.6) is 0 Å². The Hall–Kier alpha value is -0.430. The SMILES string of the molecule is FC(F)C(F)(F)c1nnc(CCCl)s1. The number of hydrogen-bond donors (Lipinski definition) is 0. The van der Waals surface area contributed by atoms with Crippen molar-refractivity contribution >= 4 is 22.9 Å². The third-order valence-electron chi connectivity index (χ3n) is 1.33. The van der Waals surface area contributed by atoms with Crippen LogP contribution in [0.4, 0.5) is 17.6 Å². The Kier molecular flexibility index (Phi) is 3.65. The van der Waals surface area contributed by atoms with Gasteiger partial charge in [0.15, 0.2) is 5.01 Å². The predicted molar refractivity (Wildman–Crippen MR) is 44.2 cm³/mol. The molecule has 14 heavy (non-hydrogen) atoms. The van der Waals surface area contributed by atoms with Gasteiger partial charge < -0.3 is 0 Å². The summed E-state index contributed by atoms with van der Waals surface area (Å²) in [6.07, 6.45) is -3.52. The lowest BCUT2D eigenvalue weighted by atomic mass is 10.4. The number of hydrogen-bond acceptors (Lipinski definition) is 3. The molecule has 80 valence electrons. The molecule has 0 aliphatic heterocycles. The molecule has 8 heteroatoms. The van der Waals surface area contributed by atoms with Gasteiger partial charge in [0.1, 0.15) is 5.01 Å². The molecule has 0 radical (unpaired) electrons. The number of nitrogens with zero attached hydrogens (tertiary/aromatic N) is 2. The molecule has 0 aromatic carbocycles. The van der Waals surface area contributed by atoms with Crippen molar-refractivity contribution in [2.75, 3.05) is 5.88 Å². The second-order valence-corrected chi connectivity index (χ2v) is 3.80. The minimum Gasteiger partial charge on any atom is -0.203 e. The van der Waals surface area contributed by atoms with Gasteiger partial charge in [-0.25, -0.2) is 8.78 Å². The number of aromatic nitrogens is 2. The van der Waals surface area contributed by atoms with Crippen molar-refractivity contribution in [2.45, 2.75) is 18.8 Å². The molecule has 2 nitrogen and oxygen atoms in total. The Bertz CT molecular complexity index is 304. The van der Waals surface area contributed by atoms with Crippen LogP contribution in [0.2, 0.25) is 0 Å². The summed E-state index contributed by atoms with van der Waals surface area (Å²) < 4.78 is 49.0. The Morgan fingerprint density at radius 1 is 1.36 bits per heavy atom. The second kappa shape index (κ2) is 4.39. The molecule has 0 aliphatic carbocycles. The predicted octanol–water partition coefficient (Wildman–Crippen LogP) is 2.68. The zero-order chi connectivity index (χ0) is 10.8. The van der Waals surface area contributed by atoms with Crippen LogP contribution in [0.15, 0.2) is 0 Å². The fraction of sp³-hybridized carbons (Fsp3) is 0.667. The maximum Gasteiger partial charge on any atom is 0.359 e. The molecule has 0 amide bonds. The number of halogens is 5. The van der Waals surface area contributed by atoms with Gasteiger partial charge in [0.2, 0.25) is 0 Å². The molecule has 0 unspecified atom stereocenters. The van der Waals surface area contributed by atoms with Gasteiger partial charge in [0.25, 0.3) is 0 Å². The van der Waals surface area contributed by atoms with Crippen LogP contribution in [0.1, 0.15) is 10.0 Å². The first-order chi connectivity index (χ1) is 6.48. The van der Waals surface area contributed by atoms with Gasteiger partial charge in [-0.2, -0.15) is 8.78 Å². The summed E-state index contributed by atoms with van der Waals surface area (Å²) in [4.78, 5) is 0.